The van der Waals surface area contributed by atoms with Gasteiger partial charge in [0.1, 0.15) is 5.54 Å². The second kappa shape index (κ2) is 5.99. The summed E-state index contributed by atoms with van der Waals surface area (Å²) in [5, 5.41) is 2.32. The van der Waals surface area contributed by atoms with Crippen LogP contribution in [0, 0.1) is 5.92 Å². The lowest BCUT2D eigenvalue weighted by molar-refractivity contribution is -0.130. The fourth-order valence-electron chi connectivity index (χ4n) is 3.01. The van der Waals surface area contributed by atoms with Gasteiger partial charge in [-0.05, 0) is 32.1 Å². The molecule has 128 valence electrons. The van der Waals surface area contributed by atoms with Crippen molar-refractivity contribution in [3.05, 3.63) is 12.7 Å². The lowest BCUT2D eigenvalue weighted by Gasteiger charge is -2.23. The summed E-state index contributed by atoms with van der Waals surface area (Å²) in [5.41, 5.74) is -1.17. The van der Waals surface area contributed by atoms with Crippen LogP contribution in [0.2, 0.25) is 0 Å². The number of rotatable bonds is 6. The summed E-state index contributed by atoms with van der Waals surface area (Å²) < 4.78 is 28.0. The zero-order chi connectivity index (χ0) is 16.8. The third-order valence-electron chi connectivity index (χ3n) is 4.74. The van der Waals surface area contributed by atoms with Gasteiger partial charge in [-0.3, -0.25) is 14.3 Å². The molecule has 3 rings (SSSR count). The van der Waals surface area contributed by atoms with Gasteiger partial charge in [0.15, 0.2) is 0 Å². The number of nitrogens with one attached hydrogen (secondary N) is 2. The molecule has 3 aliphatic rings. The average Bonchev–Trinajstić information content (AvgIpc) is 3.37. The molecule has 3 atom stereocenters. The van der Waals surface area contributed by atoms with Gasteiger partial charge in [0, 0.05) is 35.3 Å². The predicted molar refractivity (Wildman–Crippen MR) is 93.0 cm³/mol. The number of halogens is 1. The van der Waals surface area contributed by atoms with Crippen molar-refractivity contribution in [1.82, 2.24) is 13.2 Å². The molecule has 3 fully saturated rings. The van der Waals surface area contributed by atoms with Crippen LogP contribution in [0.25, 0.3) is 0 Å². The zero-order valence-corrected chi connectivity index (χ0v) is 15.6. The molecule has 2 N–H and O–H groups in total. The Morgan fingerprint density at radius 2 is 2.00 bits per heavy atom. The molecule has 2 aliphatic carbocycles. The molecule has 2 saturated carbocycles. The van der Waals surface area contributed by atoms with E-state index in [9.17, 15) is 18.0 Å². The smallest absolute Gasteiger partial charge is 0.259 e. The molecule has 7 nitrogen and oxygen atoms in total. The Morgan fingerprint density at radius 3 is 2.48 bits per heavy atom. The third kappa shape index (κ3) is 3.27. The second-order valence-electron chi connectivity index (χ2n) is 6.46. The van der Waals surface area contributed by atoms with Gasteiger partial charge in [-0.15, -0.1) is 6.58 Å². The van der Waals surface area contributed by atoms with Crippen LogP contribution in [0.5, 0.6) is 0 Å². The lowest BCUT2D eigenvalue weighted by atomic mass is 10.1. The molecular weight excluding hydrogens is 433 g/mol. The Morgan fingerprint density at radius 1 is 1.30 bits per heavy atom. The van der Waals surface area contributed by atoms with Gasteiger partial charge in [-0.25, -0.2) is 11.5 Å². The summed E-state index contributed by atoms with van der Waals surface area (Å²) in [5.74, 6) is -1.09. The van der Waals surface area contributed by atoms with Gasteiger partial charge < -0.3 is 5.32 Å². The minimum Gasteiger partial charge on any atom is -0.340 e. The van der Waals surface area contributed by atoms with Crippen LogP contribution in [-0.2, 0) is 19.6 Å². The quantitative estimate of drug-likeness (QED) is 0.347. The minimum absolute atomic E-state index is 0.222. The summed E-state index contributed by atoms with van der Waals surface area (Å²) in [6.45, 7) is 4.50. The Balaban J connectivity index is 1.71. The van der Waals surface area contributed by atoms with Gasteiger partial charge in [-0.2, -0.15) is 0 Å². The van der Waals surface area contributed by atoms with Crippen molar-refractivity contribution in [2.45, 2.75) is 48.9 Å². The highest BCUT2D eigenvalue weighted by Crippen LogP contribution is 2.45. The fourth-order valence-corrected chi connectivity index (χ4v) is 5.25. The first-order valence-electron chi connectivity index (χ1n) is 7.73. The van der Waals surface area contributed by atoms with Crippen molar-refractivity contribution in [3.8, 4) is 0 Å². The maximum atomic E-state index is 12.5. The molecule has 0 aromatic rings. The number of sulfonamides is 1. The Bertz CT molecular complexity index is 648. The van der Waals surface area contributed by atoms with Crippen LogP contribution in [0.3, 0.4) is 0 Å². The molecule has 1 aliphatic heterocycles. The molecule has 0 aromatic carbocycles. The highest BCUT2D eigenvalue weighted by molar-refractivity contribution is 14.1. The van der Waals surface area contributed by atoms with Gasteiger partial charge in [0.25, 0.3) is 5.91 Å². The van der Waals surface area contributed by atoms with Crippen molar-refractivity contribution >= 4 is 44.7 Å². The van der Waals surface area contributed by atoms with E-state index in [0.29, 0.717) is 19.3 Å². The van der Waals surface area contributed by atoms with E-state index in [0.717, 1.165) is 19.4 Å². The number of carbonyl (C=O) groups excluding carboxylic acids is 2. The van der Waals surface area contributed by atoms with Crippen molar-refractivity contribution in [2.24, 2.45) is 5.92 Å². The van der Waals surface area contributed by atoms with Gasteiger partial charge in [-0.1, -0.05) is 6.08 Å². The van der Waals surface area contributed by atoms with Crippen molar-refractivity contribution in [2.75, 3.05) is 6.54 Å². The fraction of sp³-hybridized carbons (Fsp3) is 0.714. The summed E-state index contributed by atoms with van der Waals surface area (Å²) in [6, 6.07) is -0.272. The van der Waals surface area contributed by atoms with Crippen molar-refractivity contribution in [1.29, 1.82) is 0 Å². The Hall–Kier alpha value is -0.680. The minimum atomic E-state index is -3.62. The monoisotopic (exact) mass is 453 g/mol. The van der Waals surface area contributed by atoms with E-state index in [-0.39, 0.29) is 17.9 Å². The molecule has 9 heteroatoms. The van der Waals surface area contributed by atoms with Crippen LogP contribution in [0.1, 0.15) is 32.1 Å². The summed E-state index contributed by atoms with van der Waals surface area (Å²) in [7, 11) is -3.62. The number of nitrogens with zero attached hydrogens (tertiary/aromatic N) is 1. The molecule has 2 unspecified atom stereocenters. The van der Waals surface area contributed by atoms with Gasteiger partial charge >= 0.3 is 0 Å². The predicted octanol–water partition coefficient (Wildman–Crippen LogP) is 0.470. The summed E-state index contributed by atoms with van der Waals surface area (Å²) >= 11 is 2.11. The van der Waals surface area contributed by atoms with E-state index in [1.54, 1.807) is 6.08 Å². The molecule has 0 bridgehead atoms. The lowest BCUT2D eigenvalue weighted by Crippen LogP contribution is -2.55. The highest BCUT2D eigenvalue weighted by atomic mass is 127. The number of carbonyl (C=O) groups is 2. The first-order valence-corrected chi connectivity index (χ1v) is 10.2. The standard InChI is InChI=1S/C14H20IN3O4S/c1-2-9-8-14(9,13(20)17-23(21,22)10-5-6-10)16-12(19)11-4-3-7-18(11)15/h2,9-11H,1,3-8H2,(H,16,19)(H,17,20)/t9?,11-,14?/m0/s1. The van der Waals surface area contributed by atoms with E-state index in [4.69, 9.17) is 0 Å². The topological polar surface area (TPSA) is 95.6 Å². The van der Waals surface area contributed by atoms with Gasteiger partial charge in [0.2, 0.25) is 15.9 Å². The van der Waals surface area contributed by atoms with Gasteiger partial charge in [0.05, 0.1) is 11.3 Å². The van der Waals surface area contributed by atoms with E-state index < -0.39 is 26.7 Å². The first kappa shape index (κ1) is 17.2. The van der Waals surface area contributed by atoms with E-state index in [1.807, 2.05) is 3.11 Å². The highest BCUT2D eigenvalue weighted by Gasteiger charge is 2.61. The van der Waals surface area contributed by atoms with Crippen LogP contribution in [-0.4, -0.2) is 46.7 Å². The normalized spacial score (nSPS) is 34.0. The van der Waals surface area contributed by atoms with Crippen molar-refractivity contribution < 1.29 is 18.0 Å². The van der Waals surface area contributed by atoms with Crippen LogP contribution < -0.4 is 10.0 Å². The molecule has 0 radical (unpaired) electrons. The number of amides is 2. The summed E-state index contributed by atoms with van der Waals surface area (Å²) in [6.07, 6.45) is 4.83. The van der Waals surface area contributed by atoms with E-state index in [2.05, 4.69) is 39.5 Å². The summed E-state index contributed by atoms with van der Waals surface area (Å²) in [4.78, 5) is 25.0. The molecule has 1 heterocycles. The van der Waals surface area contributed by atoms with Crippen molar-refractivity contribution in [3.63, 3.8) is 0 Å². The Labute approximate surface area is 149 Å². The molecule has 0 spiro atoms. The second-order valence-corrected chi connectivity index (χ2v) is 9.66. The van der Waals surface area contributed by atoms with E-state index in [1.165, 1.54) is 0 Å². The molecule has 0 aromatic heterocycles. The molecule has 2 amide bonds. The van der Waals surface area contributed by atoms with E-state index >= 15 is 0 Å². The average molecular weight is 453 g/mol. The SMILES string of the molecule is C=CC1CC1(NC(=O)[C@@H]1CCCN1I)C(=O)NS(=O)(=O)C1CC1. The molecular formula is C14H20IN3O4S. The largest absolute Gasteiger partial charge is 0.340 e. The Kier molecular flexibility index (Phi) is 4.47. The maximum Gasteiger partial charge on any atom is 0.259 e. The molecule has 1 saturated heterocycles. The van der Waals surface area contributed by atoms with Crippen LogP contribution in [0.4, 0.5) is 0 Å². The van der Waals surface area contributed by atoms with Crippen LogP contribution in [0.15, 0.2) is 12.7 Å². The number of hydrogen-bond acceptors (Lipinski definition) is 5. The zero-order valence-electron chi connectivity index (χ0n) is 12.6. The first-order chi connectivity index (χ1) is 10.8. The molecule has 23 heavy (non-hydrogen) atoms. The number of hydrogen-bond donors (Lipinski definition) is 2. The third-order valence-corrected chi connectivity index (χ3v) is 7.71. The maximum absolute atomic E-state index is 12.5. The van der Waals surface area contributed by atoms with Crippen LogP contribution >= 0.6 is 22.9 Å².